The van der Waals surface area contributed by atoms with Gasteiger partial charge in [0.25, 0.3) is 0 Å². The monoisotopic (exact) mass is 488 g/mol. The third-order valence-corrected chi connectivity index (χ3v) is 6.08. The van der Waals surface area contributed by atoms with Crippen molar-refractivity contribution in [1.29, 1.82) is 0 Å². The van der Waals surface area contributed by atoms with E-state index in [1.54, 1.807) is 18.3 Å². The second-order valence-corrected chi connectivity index (χ2v) is 8.63. The van der Waals surface area contributed by atoms with Crippen molar-refractivity contribution in [3.8, 4) is 0 Å². The molecule has 0 spiro atoms. The zero-order chi connectivity index (χ0) is 18.9. The normalized spacial score (nSPS) is 13.0. The summed E-state index contributed by atoms with van der Waals surface area (Å²) in [6.07, 6.45) is 1.48. The smallest absolute Gasteiger partial charge is 0.322 e. The van der Waals surface area contributed by atoms with Crippen molar-refractivity contribution in [2.45, 2.75) is 17.4 Å². The van der Waals surface area contributed by atoms with Crippen molar-refractivity contribution in [3.05, 3.63) is 63.6 Å². The molecule has 0 fully saturated rings. The average molecular weight is 488 g/mol. The molecule has 1 atom stereocenters. The molecule has 1 unspecified atom stereocenters. The fourth-order valence-corrected chi connectivity index (χ4v) is 4.14. The lowest BCUT2D eigenvalue weighted by Crippen LogP contribution is -2.42. The Balaban J connectivity index is 1.87. The predicted octanol–water partition coefficient (Wildman–Crippen LogP) is 2.89. The summed E-state index contributed by atoms with van der Waals surface area (Å²) in [7, 11) is -3.99. The van der Waals surface area contributed by atoms with Gasteiger partial charge in [0.15, 0.2) is 0 Å². The molecule has 136 valence electrons. The number of benzene rings is 2. The van der Waals surface area contributed by atoms with Crippen LogP contribution in [0.15, 0.2) is 53.6 Å². The minimum atomic E-state index is -3.99. The number of aromatic nitrogens is 1. The quantitative estimate of drug-likeness (QED) is 0.465. The molecule has 0 aliphatic heterocycles. The summed E-state index contributed by atoms with van der Waals surface area (Å²) < 4.78 is 41.3. The Morgan fingerprint density at radius 1 is 1.23 bits per heavy atom. The molecule has 1 heterocycles. The summed E-state index contributed by atoms with van der Waals surface area (Å²) in [5.41, 5.74) is 1.10. The second-order valence-electron chi connectivity index (χ2n) is 5.67. The molecule has 0 amide bonds. The topological polar surface area (TPSA) is 99.3 Å². The SMILES string of the molecule is O=C(O)C(Cc1c[nH]c2cc(F)ccc12)NS(=O)(=O)c1ccc(I)cc1. The molecule has 0 aliphatic rings. The van der Waals surface area contributed by atoms with Gasteiger partial charge in [0.2, 0.25) is 10.0 Å². The molecule has 9 heteroatoms. The van der Waals surface area contributed by atoms with Crippen LogP contribution in [0.2, 0.25) is 0 Å². The Labute approximate surface area is 162 Å². The number of carboxylic acid groups (broad SMARTS) is 1. The van der Waals surface area contributed by atoms with E-state index >= 15 is 0 Å². The highest BCUT2D eigenvalue weighted by atomic mass is 127. The minimum absolute atomic E-state index is 0.00911. The van der Waals surface area contributed by atoms with E-state index in [9.17, 15) is 22.7 Å². The van der Waals surface area contributed by atoms with E-state index in [4.69, 9.17) is 0 Å². The molecule has 0 bridgehead atoms. The van der Waals surface area contributed by atoms with E-state index in [1.807, 2.05) is 22.6 Å². The van der Waals surface area contributed by atoms with Crippen molar-refractivity contribution in [2.75, 3.05) is 0 Å². The number of H-pyrrole nitrogens is 1. The van der Waals surface area contributed by atoms with Gasteiger partial charge in [0, 0.05) is 27.1 Å². The summed E-state index contributed by atoms with van der Waals surface area (Å²) in [6, 6.07) is 8.81. The first-order valence-electron chi connectivity index (χ1n) is 7.52. The number of nitrogens with one attached hydrogen (secondary N) is 2. The van der Waals surface area contributed by atoms with E-state index in [0.29, 0.717) is 16.5 Å². The standard InChI is InChI=1S/C17H14FIN2O4S/c18-11-1-6-14-10(9-20-15(14)8-11)7-16(17(22)23)21-26(24,25)13-4-2-12(19)3-5-13/h1-6,8-9,16,20-21H,7H2,(H,22,23). The van der Waals surface area contributed by atoms with E-state index in [0.717, 1.165) is 3.57 Å². The number of hydrogen-bond acceptors (Lipinski definition) is 3. The van der Waals surface area contributed by atoms with Gasteiger partial charge >= 0.3 is 5.97 Å². The van der Waals surface area contributed by atoms with Gasteiger partial charge in [-0.1, -0.05) is 0 Å². The number of halogens is 2. The van der Waals surface area contributed by atoms with Gasteiger partial charge in [0.05, 0.1) is 4.90 Å². The molecule has 6 nitrogen and oxygen atoms in total. The predicted molar refractivity (Wildman–Crippen MR) is 103 cm³/mol. The third kappa shape index (κ3) is 4.05. The summed E-state index contributed by atoms with van der Waals surface area (Å²) in [6.45, 7) is 0. The Kier molecular flexibility index (Phi) is 5.30. The van der Waals surface area contributed by atoms with Gasteiger partial charge in [-0.15, -0.1) is 0 Å². The first-order chi connectivity index (χ1) is 12.3. The second kappa shape index (κ2) is 7.33. The Morgan fingerprint density at radius 2 is 1.92 bits per heavy atom. The zero-order valence-electron chi connectivity index (χ0n) is 13.2. The molecule has 26 heavy (non-hydrogen) atoms. The summed E-state index contributed by atoms with van der Waals surface area (Å²) in [5.74, 6) is -1.71. The number of rotatable bonds is 6. The highest BCUT2D eigenvalue weighted by Gasteiger charge is 2.26. The van der Waals surface area contributed by atoms with E-state index in [2.05, 4.69) is 9.71 Å². The zero-order valence-corrected chi connectivity index (χ0v) is 16.2. The van der Waals surface area contributed by atoms with Gasteiger partial charge in [-0.25, -0.2) is 12.8 Å². The number of fused-ring (bicyclic) bond motifs is 1. The first-order valence-corrected chi connectivity index (χ1v) is 10.1. The molecule has 0 saturated heterocycles. The van der Waals surface area contributed by atoms with E-state index in [1.165, 1.54) is 30.3 Å². The molecule has 3 rings (SSSR count). The highest BCUT2D eigenvalue weighted by Crippen LogP contribution is 2.21. The van der Waals surface area contributed by atoms with Crippen LogP contribution >= 0.6 is 22.6 Å². The maximum atomic E-state index is 13.3. The minimum Gasteiger partial charge on any atom is -0.480 e. The number of carbonyl (C=O) groups is 1. The van der Waals surface area contributed by atoms with Gasteiger partial charge in [-0.2, -0.15) is 4.72 Å². The van der Waals surface area contributed by atoms with Gasteiger partial charge in [-0.05, 0) is 70.6 Å². The van der Waals surface area contributed by atoms with Crippen molar-refractivity contribution in [1.82, 2.24) is 9.71 Å². The summed E-state index contributed by atoms with van der Waals surface area (Å²) in [4.78, 5) is 14.4. The number of aromatic amines is 1. The lowest BCUT2D eigenvalue weighted by atomic mass is 10.1. The lowest BCUT2D eigenvalue weighted by molar-refractivity contribution is -0.138. The largest absolute Gasteiger partial charge is 0.480 e. The van der Waals surface area contributed by atoms with E-state index < -0.39 is 27.9 Å². The maximum absolute atomic E-state index is 13.3. The molecular weight excluding hydrogens is 474 g/mol. The summed E-state index contributed by atoms with van der Waals surface area (Å²) >= 11 is 2.05. The molecule has 3 aromatic rings. The van der Waals surface area contributed by atoms with Crippen molar-refractivity contribution in [3.63, 3.8) is 0 Å². The Bertz CT molecular complexity index is 1060. The third-order valence-electron chi connectivity index (χ3n) is 3.87. The molecular formula is C17H14FIN2O4S. The molecule has 0 aliphatic carbocycles. The maximum Gasteiger partial charge on any atom is 0.322 e. The molecule has 1 aromatic heterocycles. The van der Waals surface area contributed by atoms with Crippen molar-refractivity contribution < 1.29 is 22.7 Å². The van der Waals surface area contributed by atoms with Crippen molar-refractivity contribution in [2.24, 2.45) is 0 Å². The number of hydrogen-bond donors (Lipinski definition) is 3. The van der Waals surface area contributed by atoms with Crippen LogP contribution in [-0.4, -0.2) is 30.5 Å². The lowest BCUT2D eigenvalue weighted by Gasteiger charge is -2.14. The van der Waals surface area contributed by atoms with Crippen LogP contribution in [0.25, 0.3) is 10.9 Å². The van der Waals surface area contributed by atoms with Crippen LogP contribution in [0.1, 0.15) is 5.56 Å². The highest BCUT2D eigenvalue weighted by molar-refractivity contribution is 14.1. The number of carboxylic acids is 1. The van der Waals surface area contributed by atoms with Crippen LogP contribution in [0, 0.1) is 9.39 Å². The van der Waals surface area contributed by atoms with Gasteiger partial charge < -0.3 is 10.1 Å². The van der Waals surface area contributed by atoms with Crippen LogP contribution in [-0.2, 0) is 21.2 Å². The van der Waals surface area contributed by atoms with Gasteiger partial charge in [0.1, 0.15) is 11.9 Å². The van der Waals surface area contributed by atoms with Crippen LogP contribution in [0.5, 0.6) is 0 Å². The molecule has 0 radical (unpaired) electrons. The average Bonchev–Trinajstić information content (AvgIpc) is 2.96. The Hall–Kier alpha value is -1.98. The molecule has 2 aromatic carbocycles. The van der Waals surface area contributed by atoms with Crippen LogP contribution in [0.3, 0.4) is 0 Å². The van der Waals surface area contributed by atoms with E-state index in [-0.39, 0.29) is 11.3 Å². The molecule has 3 N–H and O–H groups in total. The fourth-order valence-electron chi connectivity index (χ4n) is 2.60. The first kappa shape index (κ1) is 18.8. The molecule has 0 saturated carbocycles. The Morgan fingerprint density at radius 3 is 2.58 bits per heavy atom. The number of aliphatic carboxylic acids is 1. The van der Waals surface area contributed by atoms with Crippen LogP contribution in [0.4, 0.5) is 4.39 Å². The van der Waals surface area contributed by atoms with Gasteiger partial charge in [-0.3, -0.25) is 4.79 Å². The number of sulfonamides is 1. The fraction of sp³-hybridized carbons (Fsp3) is 0.118. The van der Waals surface area contributed by atoms with Crippen LogP contribution < -0.4 is 4.72 Å². The summed E-state index contributed by atoms with van der Waals surface area (Å²) in [5, 5.41) is 10.1. The van der Waals surface area contributed by atoms with Crippen molar-refractivity contribution >= 4 is 49.5 Å².